The largest absolute Gasteiger partial charge is 0.461 e. The van der Waals surface area contributed by atoms with Gasteiger partial charge in [-0.1, -0.05) is 0 Å². The van der Waals surface area contributed by atoms with E-state index < -0.39 is 0 Å². The third kappa shape index (κ3) is 1.29. The number of nitrogens with zero attached hydrogens (tertiary/aromatic N) is 2. The Morgan fingerprint density at radius 2 is 2.47 bits per heavy atom. The summed E-state index contributed by atoms with van der Waals surface area (Å²) in [6.07, 6.45) is 6.81. The Balaban J connectivity index is 2.14. The molecule has 3 heterocycles. The van der Waals surface area contributed by atoms with Crippen LogP contribution in [0.5, 0.6) is 0 Å². The third-order valence-corrected chi connectivity index (χ3v) is 2.88. The Hall–Kier alpha value is -1.55. The summed E-state index contributed by atoms with van der Waals surface area (Å²) in [6.45, 7) is 0. The van der Waals surface area contributed by atoms with E-state index in [1.807, 2.05) is 18.3 Å². The Bertz CT molecular complexity index is 458. The van der Waals surface area contributed by atoms with E-state index in [0.29, 0.717) is 0 Å². The highest BCUT2D eigenvalue weighted by atomic mass is 16.3. The first-order valence-electron chi connectivity index (χ1n) is 5.22. The Labute approximate surface area is 87.7 Å². The van der Waals surface area contributed by atoms with Crippen LogP contribution in [-0.2, 0) is 6.42 Å². The van der Waals surface area contributed by atoms with Crippen molar-refractivity contribution < 1.29 is 4.42 Å². The minimum atomic E-state index is 0.0383. The zero-order chi connectivity index (χ0) is 10.3. The zero-order valence-corrected chi connectivity index (χ0v) is 8.39. The highest BCUT2D eigenvalue weighted by molar-refractivity contribution is 5.48. The van der Waals surface area contributed by atoms with Crippen LogP contribution in [0.1, 0.15) is 24.7 Å². The fourth-order valence-electron chi connectivity index (χ4n) is 2.16. The molecule has 4 heteroatoms. The molecule has 0 aromatic carbocycles. The number of fused-ring (bicyclic) bond motifs is 1. The molecule has 0 amide bonds. The van der Waals surface area contributed by atoms with Crippen LogP contribution in [0.3, 0.4) is 0 Å². The second kappa shape index (κ2) is 3.24. The molecule has 15 heavy (non-hydrogen) atoms. The van der Waals surface area contributed by atoms with Gasteiger partial charge in [0.15, 0.2) is 11.6 Å². The van der Waals surface area contributed by atoms with Crippen molar-refractivity contribution in [2.24, 2.45) is 5.73 Å². The quantitative estimate of drug-likeness (QED) is 0.770. The van der Waals surface area contributed by atoms with Crippen molar-refractivity contribution in [1.82, 2.24) is 9.55 Å². The minimum Gasteiger partial charge on any atom is -0.461 e. The van der Waals surface area contributed by atoms with Crippen LogP contribution in [0.4, 0.5) is 0 Å². The summed E-state index contributed by atoms with van der Waals surface area (Å²) in [5, 5.41) is 0. The molecule has 0 bridgehead atoms. The van der Waals surface area contributed by atoms with E-state index in [2.05, 4.69) is 9.55 Å². The van der Waals surface area contributed by atoms with Gasteiger partial charge in [0, 0.05) is 11.9 Å². The molecule has 1 aliphatic heterocycles. The van der Waals surface area contributed by atoms with Crippen LogP contribution in [0.15, 0.2) is 29.0 Å². The Morgan fingerprint density at radius 1 is 1.53 bits per heavy atom. The maximum Gasteiger partial charge on any atom is 0.177 e. The van der Waals surface area contributed by atoms with Gasteiger partial charge in [0.05, 0.1) is 12.4 Å². The van der Waals surface area contributed by atoms with Gasteiger partial charge >= 0.3 is 0 Å². The highest BCUT2D eigenvalue weighted by Crippen LogP contribution is 2.28. The molecular weight excluding hydrogens is 190 g/mol. The van der Waals surface area contributed by atoms with Crippen molar-refractivity contribution in [3.8, 4) is 11.6 Å². The summed E-state index contributed by atoms with van der Waals surface area (Å²) in [4.78, 5) is 4.38. The molecule has 2 N–H and O–H groups in total. The molecule has 0 spiro atoms. The lowest BCUT2D eigenvalue weighted by molar-refractivity contribution is 0.413. The monoisotopic (exact) mass is 203 g/mol. The normalized spacial score (nSPS) is 20.2. The van der Waals surface area contributed by atoms with E-state index >= 15 is 0 Å². The predicted octanol–water partition coefficient (Wildman–Crippen LogP) is 1.94. The van der Waals surface area contributed by atoms with Crippen LogP contribution in [0, 0.1) is 0 Å². The number of aryl methyl sites for hydroxylation is 1. The maximum absolute atomic E-state index is 6.08. The standard InChI is InChI=1S/C11H13N3O/c12-10-5-1-3-8-7-13-11(14(8)10)9-4-2-6-15-9/h2,4,6-7,10H,1,3,5,12H2. The number of imidazole rings is 1. The number of hydrogen-bond donors (Lipinski definition) is 1. The van der Waals surface area contributed by atoms with E-state index in [9.17, 15) is 0 Å². The van der Waals surface area contributed by atoms with E-state index in [-0.39, 0.29) is 6.17 Å². The van der Waals surface area contributed by atoms with Crippen LogP contribution >= 0.6 is 0 Å². The fraction of sp³-hybridized carbons (Fsp3) is 0.364. The van der Waals surface area contributed by atoms with Gasteiger partial charge in [0.2, 0.25) is 0 Å². The average molecular weight is 203 g/mol. The van der Waals surface area contributed by atoms with Crippen molar-refractivity contribution in [2.75, 3.05) is 0 Å². The summed E-state index contributed by atoms with van der Waals surface area (Å²) in [5.74, 6) is 1.64. The lowest BCUT2D eigenvalue weighted by Crippen LogP contribution is -2.25. The maximum atomic E-state index is 6.08. The van der Waals surface area contributed by atoms with E-state index in [1.54, 1.807) is 6.26 Å². The summed E-state index contributed by atoms with van der Waals surface area (Å²) >= 11 is 0. The van der Waals surface area contributed by atoms with Gasteiger partial charge in [-0.2, -0.15) is 0 Å². The first-order chi connectivity index (χ1) is 7.36. The van der Waals surface area contributed by atoms with Crippen LogP contribution < -0.4 is 5.73 Å². The zero-order valence-electron chi connectivity index (χ0n) is 8.39. The fourth-order valence-corrected chi connectivity index (χ4v) is 2.16. The molecule has 0 saturated heterocycles. The van der Waals surface area contributed by atoms with Gasteiger partial charge in [-0.15, -0.1) is 0 Å². The molecule has 4 nitrogen and oxygen atoms in total. The van der Waals surface area contributed by atoms with Crippen LogP contribution in [-0.4, -0.2) is 9.55 Å². The van der Waals surface area contributed by atoms with Crippen molar-refractivity contribution in [3.05, 3.63) is 30.3 Å². The van der Waals surface area contributed by atoms with E-state index in [1.165, 1.54) is 5.69 Å². The predicted molar refractivity (Wildman–Crippen MR) is 56.1 cm³/mol. The smallest absolute Gasteiger partial charge is 0.177 e. The Kier molecular flexibility index (Phi) is 1.89. The first-order valence-corrected chi connectivity index (χ1v) is 5.22. The minimum absolute atomic E-state index is 0.0383. The second-order valence-electron chi connectivity index (χ2n) is 3.88. The molecule has 1 atom stereocenters. The molecule has 3 rings (SSSR count). The molecule has 1 unspecified atom stereocenters. The lowest BCUT2D eigenvalue weighted by atomic mass is 10.1. The van der Waals surface area contributed by atoms with Crippen molar-refractivity contribution in [1.29, 1.82) is 0 Å². The summed E-state index contributed by atoms with van der Waals surface area (Å²) in [6, 6.07) is 3.78. The average Bonchev–Trinajstić information content (AvgIpc) is 2.85. The number of nitrogens with two attached hydrogens (primary N) is 1. The summed E-state index contributed by atoms with van der Waals surface area (Å²) in [5.41, 5.74) is 7.29. The molecule has 0 aliphatic carbocycles. The summed E-state index contributed by atoms with van der Waals surface area (Å²) in [7, 11) is 0. The number of furan rings is 1. The summed E-state index contributed by atoms with van der Waals surface area (Å²) < 4.78 is 7.44. The van der Waals surface area contributed by atoms with Gasteiger partial charge in [-0.05, 0) is 31.4 Å². The van der Waals surface area contributed by atoms with Gasteiger partial charge in [-0.25, -0.2) is 4.98 Å². The van der Waals surface area contributed by atoms with Gasteiger partial charge < -0.3 is 14.7 Å². The van der Waals surface area contributed by atoms with Gasteiger partial charge in [-0.3, -0.25) is 0 Å². The second-order valence-corrected chi connectivity index (χ2v) is 3.88. The molecule has 0 fully saturated rings. The molecule has 2 aromatic rings. The van der Waals surface area contributed by atoms with E-state index in [0.717, 1.165) is 30.8 Å². The van der Waals surface area contributed by atoms with E-state index in [4.69, 9.17) is 10.2 Å². The molecule has 1 aliphatic rings. The lowest BCUT2D eigenvalue weighted by Gasteiger charge is -2.23. The van der Waals surface area contributed by atoms with Crippen molar-refractivity contribution in [2.45, 2.75) is 25.4 Å². The molecule has 78 valence electrons. The topological polar surface area (TPSA) is 57.0 Å². The van der Waals surface area contributed by atoms with Crippen LogP contribution in [0.2, 0.25) is 0 Å². The third-order valence-electron chi connectivity index (χ3n) is 2.88. The SMILES string of the molecule is NC1CCCc2cnc(-c3ccco3)n21. The Morgan fingerprint density at radius 3 is 3.27 bits per heavy atom. The molecule has 0 saturated carbocycles. The number of rotatable bonds is 1. The number of hydrogen-bond acceptors (Lipinski definition) is 3. The molecule has 2 aromatic heterocycles. The number of aromatic nitrogens is 2. The van der Waals surface area contributed by atoms with Crippen molar-refractivity contribution >= 4 is 0 Å². The molecule has 0 radical (unpaired) electrons. The highest BCUT2D eigenvalue weighted by Gasteiger charge is 2.21. The van der Waals surface area contributed by atoms with Crippen molar-refractivity contribution in [3.63, 3.8) is 0 Å². The van der Waals surface area contributed by atoms with Gasteiger partial charge in [0.25, 0.3) is 0 Å². The van der Waals surface area contributed by atoms with Gasteiger partial charge in [0.1, 0.15) is 0 Å². The van der Waals surface area contributed by atoms with Crippen LogP contribution in [0.25, 0.3) is 11.6 Å². The molecular formula is C11H13N3O. The first kappa shape index (κ1) is 8.73.